The zero-order chi connectivity index (χ0) is 14.2. The highest BCUT2D eigenvalue weighted by molar-refractivity contribution is 6.18. The van der Waals surface area contributed by atoms with E-state index in [1.807, 2.05) is 24.3 Å². The van der Waals surface area contributed by atoms with Gasteiger partial charge in [-0.3, -0.25) is 0 Å². The molecule has 0 amide bonds. The number of alkyl halides is 1. The molecule has 0 spiro atoms. The van der Waals surface area contributed by atoms with Crippen molar-refractivity contribution >= 4 is 11.6 Å². The number of ether oxygens (including phenoxy) is 1. The summed E-state index contributed by atoms with van der Waals surface area (Å²) >= 11 is 5.60. The van der Waals surface area contributed by atoms with E-state index in [-0.39, 0.29) is 5.82 Å². The Bertz CT molecular complexity index is 611. The second-order valence-electron chi connectivity index (χ2n) is 4.15. The van der Waals surface area contributed by atoms with Gasteiger partial charge in [0.2, 0.25) is 0 Å². The molecular weight excluding hydrogens is 275 g/mol. The van der Waals surface area contributed by atoms with Crippen LogP contribution in [0.5, 0.6) is 5.75 Å². The van der Waals surface area contributed by atoms with Gasteiger partial charge >= 0.3 is 0 Å². The average Bonchev–Trinajstić information content (AvgIpc) is 2.48. The van der Waals surface area contributed by atoms with Gasteiger partial charge in [-0.2, -0.15) is 0 Å². The van der Waals surface area contributed by atoms with Crippen molar-refractivity contribution in [1.82, 2.24) is 0 Å². The van der Waals surface area contributed by atoms with Gasteiger partial charge in [0, 0.05) is 12.3 Å². The molecule has 3 heteroatoms. The van der Waals surface area contributed by atoms with Crippen molar-refractivity contribution in [2.24, 2.45) is 0 Å². The van der Waals surface area contributed by atoms with E-state index in [1.54, 1.807) is 12.1 Å². The lowest BCUT2D eigenvalue weighted by molar-refractivity contribution is 0.305. The van der Waals surface area contributed by atoms with Crippen LogP contribution in [-0.4, -0.2) is 5.88 Å². The summed E-state index contributed by atoms with van der Waals surface area (Å²) in [5.41, 5.74) is 1.75. The van der Waals surface area contributed by atoms with Crippen LogP contribution in [0.2, 0.25) is 0 Å². The molecule has 0 N–H and O–H groups in total. The van der Waals surface area contributed by atoms with Crippen molar-refractivity contribution in [2.75, 3.05) is 5.88 Å². The Labute approximate surface area is 123 Å². The van der Waals surface area contributed by atoms with Gasteiger partial charge in [-0.05, 0) is 29.8 Å². The predicted octanol–water partition coefficient (Wildman–Crippen LogP) is 4.39. The van der Waals surface area contributed by atoms with Crippen molar-refractivity contribution in [3.8, 4) is 17.6 Å². The molecule has 0 fully saturated rings. The zero-order valence-corrected chi connectivity index (χ0v) is 11.7. The Morgan fingerprint density at radius 3 is 2.55 bits per heavy atom. The van der Waals surface area contributed by atoms with Crippen LogP contribution in [0.4, 0.5) is 4.39 Å². The molecule has 0 heterocycles. The fourth-order valence-electron chi connectivity index (χ4n) is 1.64. The maximum atomic E-state index is 12.8. The van der Waals surface area contributed by atoms with E-state index in [2.05, 4.69) is 11.8 Å². The zero-order valence-electron chi connectivity index (χ0n) is 10.9. The lowest BCUT2D eigenvalue weighted by atomic mass is 10.2. The highest BCUT2D eigenvalue weighted by atomic mass is 35.5. The van der Waals surface area contributed by atoms with E-state index < -0.39 is 0 Å². The lowest BCUT2D eigenvalue weighted by Crippen LogP contribution is -1.97. The average molecular weight is 289 g/mol. The number of hydrogen-bond acceptors (Lipinski definition) is 1. The van der Waals surface area contributed by atoms with Gasteiger partial charge in [-0.15, -0.1) is 11.6 Å². The Balaban J connectivity index is 2.06. The fraction of sp³-hybridized carbons (Fsp3) is 0.176. The van der Waals surface area contributed by atoms with E-state index in [0.29, 0.717) is 18.9 Å². The maximum absolute atomic E-state index is 12.8. The first-order valence-electron chi connectivity index (χ1n) is 6.30. The number of hydrogen-bond donors (Lipinski definition) is 0. The molecule has 0 aromatic heterocycles. The molecule has 0 saturated carbocycles. The van der Waals surface area contributed by atoms with Gasteiger partial charge in [0.05, 0.1) is 5.56 Å². The fourth-order valence-corrected chi connectivity index (χ4v) is 1.74. The Kier molecular flexibility index (Phi) is 5.46. The third kappa shape index (κ3) is 4.29. The van der Waals surface area contributed by atoms with Crippen LogP contribution in [-0.2, 0) is 6.61 Å². The normalized spacial score (nSPS) is 9.70. The minimum Gasteiger partial charge on any atom is -0.488 e. The minimum atomic E-state index is -0.249. The van der Waals surface area contributed by atoms with E-state index in [4.69, 9.17) is 16.3 Å². The summed E-state index contributed by atoms with van der Waals surface area (Å²) in [6.07, 6.45) is 0.647. The summed E-state index contributed by atoms with van der Waals surface area (Å²) in [6.45, 7) is 0.383. The molecule has 0 aliphatic rings. The Morgan fingerprint density at radius 1 is 1.05 bits per heavy atom. The van der Waals surface area contributed by atoms with E-state index >= 15 is 0 Å². The molecule has 0 radical (unpaired) electrons. The molecule has 0 atom stereocenters. The summed E-state index contributed by atoms with van der Waals surface area (Å²) in [6, 6.07) is 13.8. The summed E-state index contributed by atoms with van der Waals surface area (Å²) in [5.74, 6) is 7.02. The van der Waals surface area contributed by atoms with Crippen LogP contribution in [0.3, 0.4) is 0 Å². The Morgan fingerprint density at radius 2 is 1.80 bits per heavy atom. The largest absolute Gasteiger partial charge is 0.488 e. The SMILES string of the molecule is Fc1ccc(COc2ccccc2C#CCCCl)cc1. The molecule has 1 nitrogen and oxygen atoms in total. The molecule has 0 aliphatic heterocycles. The Hall–Kier alpha value is -1.98. The molecule has 102 valence electrons. The van der Waals surface area contributed by atoms with Crippen molar-refractivity contribution in [2.45, 2.75) is 13.0 Å². The number of benzene rings is 2. The molecule has 0 bridgehead atoms. The summed E-state index contributed by atoms with van der Waals surface area (Å²) in [5, 5.41) is 0. The summed E-state index contributed by atoms with van der Waals surface area (Å²) in [4.78, 5) is 0. The number of para-hydroxylation sites is 1. The molecule has 2 aromatic rings. The minimum absolute atomic E-state index is 0.249. The van der Waals surface area contributed by atoms with Crippen LogP contribution in [0.15, 0.2) is 48.5 Å². The smallest absolute Gasteiger partial charge is 0.135 e. The summed E-state index contributed by atoms with van der Waals surface area (Å²) < 4.78 is 18.6. The quantitative estimate of drug-likeness (QED) is 0.599. The van der Waals surface area contributed by atoms with Crippen LogP contribution < -0.4 is 4.74 Å². The van der Waals surface area contributed by atoms with Gasteiger partial charge < -0.3 is 4.74 Å². The first kappa shape index (κ1) is 14.4. The van der Waals surface area contributed by atoms with Crippen molar-refractivity contribution in [3.05, 3.63) is 65.5 Å². The van der Waals surface area contributed by atoms with Gasteiger partial charge in [0.15, 0.2) is 0 Å². The van der Waals surface area contributed by atoms with Crippen LogP contribution in [0.25, 0.3) is 0 Å². The molecule has 2 aromatic carbocycles. The van der Waals surface area contributed by atoms with Gasteiger partial charge in [-0.1, -0.05) is 36.1 Å². The third-order valence-electron chi connectivity index (χ3n) is 2.64. The number of halogens is 2. The first-order chi connectivity index (χ1) is 9.79. The topological polar surface area (TPSA) is 9.23 Å². The van der Waals surface area contributed by atoms with Crippen LogP contribution >= 0.6 is 11.6 Å². The monoisotopic (exact) mass is 288 g/mol. The predicted molar refractivity (Wildman–Crippen MR) is 79.4 cm³/mol. The lowest BCUT2D eigenvalue weighted by Gasteiger charge is -2.08. The van der Waals surface area contributed by atoms with Crippen molar-refractivity contribution in [1.29, 1.82) is 0 Å². The van der Waals surface area contributed by atoms with Crippen molar-refractivity contribution < 1.29 is 9.13 Å². The second-order valence-corrected chi connectivity index (χ2v) is 4.53. The van der Waals surface area contributed by atoms with E-state index in [1.165, 1.54) is 12.1 Å². The van der Waals surface area contributed by atoms with Gasteiger partial charge in [0.1, 0.15) is 18.2 Å². The molecule has 20 heavy (non-hydrogen) atoms. The maximum Gasteiger partial charge on any atom is 0.135 e. The second kappa shape index (κ2) is 7.57. The standard InChI is InChI=1S/C17H14ClFO/c18-12-4-3-6-15-5-1-2-7-17(15)20-13-14-8-10-16(19)11-9-14/h1-2,5,7-11H,4,12-13H2. The third-order valence-corrected chi connectivity index (χ3v) is 2.83. The summed E-state index contributed by atoms with van der Waals surface area (Å²) in [7, 11) is 0. The van der Waals surface area contributed by atoms with Crippen LogP contribution in [0.1, 0.15) is 17.5 Å². The van der Waals surface area contributed by atoms with Crippen LogP contribution in [0, 0.1) is 17.7 Å². The molecule has 0 saturated heterocycles. The number of rotatable bonds is 4. The first-order valence-corrected chi connectivity index (χ1v) is 6.84. The van der Waals surface area contributed by atoms with E-state index in [9.17, 15) is 4.39 Å². The molecular formula is C17H14ClFO. The van der Waals surface area contributed by atoms with Gasteiger partial charge in [-0.25, -0.2) is 4.39 Å². The highest BCUT2D eigenvalue weighted by Gasteiger charge is 2.01. The highest BCUT2D eigenvalue weighted by Crippen LogP contribution is 2.18. The molecule has 0 aliphatic carbocycles. The molecule has 0 unspecified atom stereocenters. The van der Waals surface area contributed by atoms with Crippen molar-refractivity contribution in [3.63, 3.8) is 0 Å². The molecule has 2 rings (SSSR count). The van der Waals surface area contributed by atoms with E-state index in [0.717, 1.165) is 16.9 Å². The van der Waals surface area contributed by atoms with Gasteiger partial charge in [0.25, 0.3) is 0 Å².